The van der Waals surface area contributed by atoms with Crippen LogP contribution in [0.4, 0.5) is 0 Å². The number of nitrogens with one attached hydrogen (secondary N) is 1. The van der Waals surface area contributed by atoms with Crippen LogP contribution in [0.2, 0.25) is 0 Å². The molecule has 13 heavy (non-hydrogen) atoms. The number of hydrogen-bond acceptors (Lipinski definition) is 3. The van der Waals surface area contributed by atoms with E-state index in [1.54, 1.807) is 19.0 Å². The van der Waals surface area contributed by atoms with Gasteiger partial charge in [0.25, 0.3) is 0 Å². The second-order valence-corrected chi connectivity index (χ2v) is 3.59. The summed E-state index contributed by atoms with van der Waals surface area (Å²) < 4.78 is 0. The average Bonchev–Trinajstić information content (AvgIpc) is 2.85. The predicted molar refractivity (Wildman–Crippen MR) is 49.3 cm³/mol. The molecule has 1 rings (SSSR count). The zero-order valence-corrected chi connectivity index (χ0v) is 8.17. The van der Waals surface area contributed by atoms with Crippen LogP contribution in [0.1, 0.15) is 12.8 Å². The van der Waals surface area contributed by atoms with Crippen molar-refractivity contribution in [2.45, 2.75) is 12.8 Å². The minimum atomic E-state index is -0.0499. The lowest BCUT2D eigenvalue weighted by molar-refractivity contribution is -0.123. The van der Waals surface area contributed by atoms with Crippen molar-refractivity contribution in [1.29, 1.82) is 0 Å². The zero-order valence-electron chi connectivity index (χ0n) is 8.17. The molecule has 0 aromatic rings. The van der Waals surface area contributed by atoms with Crippen molar-refractivity contribution >= 4 is 11.7 Å². The molecule has 0 saturated heterocycles. The van der Waals surface area contributed by atoms with Gasteiger partial charge in [0.1, 0.15) is 5.78 Å². The highest BCUT2D eigenvalue weighted by Crippen LogP contribution is 2.29. The van der Waals surface area contributed by atoms with Crippen LogP contribution < -0.4 is 5.32 Å². The molecule has 0 atom stereocenters. The number of carbonyl (C=O) groups excluding carboxylic acids is 2. The quantitative estimate of drug-likeness (QED) is 0.635. The van der Waals surface area contributed by atoms with Crippen molar-refractivity contribution in [2.75, 3.05) is 27.2 Å². The van der Waals surface area contributed by atoms with Crippen molar-refractivity contribution in [2.24, 2.45) is 5.92 Å². The number of hydrogen-bond donors (Lipinski definition) is 1. The zero-order chi connectivity index (χ0) is 9.84. The van der Waals surface area contributed by atoms with E-state index in [0.29, 0.717) is 13.1 Å². The van der Waals surface area contributed by atoms with Gasteiger partial charge in [-0.2, -0.15) is 0 Å². The summed E-state index contributed by atoms with van der Waals surface area (Å²) in [4.78, 5) is 24.0. The molecular formula is C9H16N2O2. The van der Waals surface area contributed by atoms with E-state index < -0.39 is 0 Å². The van der Waals surface area contributed by atoms with E-state index in [1.165, 1.54) is 0 Å². The Bertz CT molecular complexity index is 212. The van der Waals surface area contributed by atoms with E-state index in [1.807, 2.05) is 0 Å². The minimum Gasteiger partial charge on any atom is -0.358 e. The van der Waals surface area contributed by atoms with E-state index in [0.717, 1.165) is 12.8 Å². The van der Waals surface area contributed by atoms with Gasteiger partial charge in [-0.1, -0.05) is 0 Å². The Morgan fingerprint density at radius 1 is 1.38 bits per heavy atom. The summed E-state index contributed by atoms with van der Waals surface area (Å²) in [7, 11) is 3.38. The smallest absolute Gasteiger partial charge is 0.233 e. The lowest BCUT2D eigenvalue weighted by Gasteiger charge is -2.13. The highest BCUT2D eigenvalue weighted by Gasteiger charge is 2.29. The van der Waals surface area contributed by atoms with Crippen LogP contribution in [0, 0.1) is 5.92 Å². The summed E-state index contributed by atoms with van der Waals surface area (Å²) in [6, 6.07) is 0. The highest BCUT2D eigenvalue weighted by atomic mass is 16.2. The molecule has 1 saturated carbocycles. The van der Waals surface area contributed by atoms with Crippen LogP contribution in [-0.4, -0.2) is 43.8 Å². The van der Waals surface area contributed by atoms with Gasteiger partial charge < -0.3 is 5.32 Å². The molecule has 0 bridgehead atoms. The third kappa shape index (κ3) is 3.55. The number of nitrogens with zero attached hydrogens (tertiary/aromatic N) is 1. The Hall–Kier alpha value is -0.900. The van der Waals surface area contributed by atoms with Gasteiger partial charge in [-0.3, -0.25) is 14.5 Å². The van der Waals surface area contributed by atoms with E-state index in [4.69, 9.17) is 0 Å². The largest absolute Gasteiger partial charge is 0.358 e. The molecule has 1 aliphatic carbocycles. The van der Waals surface area contributed by atoms with Crippen molar-refractivity contribution in [3.63, 3.8) is 0 Å². The van der Waals surface area contributed by atoms with Gasteiger partial charge in [0.05, 0.1) is 13.1 Å². The number of amides is 1. The molecule has 74 valence electrons. The fraction of sp³-hybridized carbons (Fsp3) is 0.778. The van der Waals surface area contributed by atoms with Gasteiger partial charge in [0.2, 0.25) is 5.91 Å². The molecular weight excluding hydrogens is 168 g/mol. The molecule has 1 aliphatic rings. The predicted octanol–water partition coefficient (Wildman–Crippen LogP) is -0.357. The van der Waals surface area contributed by atoms with Gasteiger partial charge in [-0.05, 0) is 19.9 Å². The molecule has 4 heteroatoms. The Kier molecular flexibility index (Phi) is 3.42. The first-order valence-corrected chi connectivity index (χ1v) is 4.55. The fourth-order valence-electron chi connectivity index (χ4n) is 1.18. The first-order valence-electron chi connectivity index (χ1n) is 4.55. The van der Waals surface area contributed by atoms with Crippen LogP contribution in [0.15, 0.2) is 0 Å². The van der Waals surface area contributed by atoms with E-state index in [9.17, 15) is 9.59 Å². The fourth-order valence-corrected chi connectivity index (χ4v) is 1.18. The van der Waals surface area contributed by atoms with Gasteiger partial charge in [-0.25, -0.2) is 0 Å². The topological polar surface area (TPSA) is 49.4 Å². The molecule has 1 amide bonds. The molecule has 1 fully saturated rings. The third-order valence-electron chi connectivity index (χ3n) is 2.15. The van der Waals surface area contributed by atoms with Crippen LogP contribution in [0.5, 0.6) is 0 Å². The monoisotopic (exact) mass is 184 g/mol. The number of likely N-dealkylation sites (N-methyl/N-ethyl adjacent to an activating group) is 2. The van der Waals surface area contributed by atoms with Crippen molar-refractivity contribution in [3.8, 4) is 0 Å². The first-order chi connectivity index (χ1) is 6.13. The number of carbonyl (C=O) groups is 2. The summed E-state index contributed by atoms with van der Waals surface area (Å²) >= 11 is 0. The van der Waals surface area contributed by atoms with Gasteiger partial charge in [0.15, 0.2) is 0 Å². The number of Topliss-reactive ketones (excluding diaryl/α,β-unsaturated/α-hetero) is 1. The first kappa shape index (κ1) is 10.2. The SMILES string of the molecule is CNC(=O)CN(C)CC(=O)C1CC1. The standard InChI is InChI=1S/C9H16N2O2/c1-10-9(13)6-11(2)5-8(12)7-3-4-7/h7H,3-6H2,1-2H3,(H,10,13). The third-order valence-corrected chi connectivity index (χ3v) is 2.15. The van der Waals surface area contributed by atoms with Crippen molar-refractivity contribution < 1.29 is 9.59 Å². The minimum absolute atomic E-state index is 0.0499. The molecule has 0 aromatic carbocycles. The normalized spacial score (nSPS) is 15.9. The number of ketones is 1. The highest BCUT2D eigenvalue weighted by molar-refractivity contribution is 5.85. The van der Waals surface area contributed by atoms with E-state index >= 15 is 0 Å². The van der Waals surface area contributed by atoms with Crippen molar-refractivity contribution in [1.82, 2.24) is 10.2 Å². The Morgan fingerprint density at radius 2 is 2.00 bits per heavy atom. The Labute approximate surface area is 78.3 Å². The van der Waals surface area contributed by atoms with E-state index in [-0.39, 0.29) is 17.6 Å². The Morgan fingerprint density at radius 3 is 2.46 bits per heavy atom. The lowest BCUT2D eigenvalue weighted by atomic mass is 10.2. The summed E-state index contributed by atoms with van der Waals surface area (Å²) in [6.45, 7) is 0.701. The molecule has 0 unspecified atom stereocenters. The van der Waals surface area contributed by atoms with Crippen LogP contribution >= 0.6 is 0 Å². The summed E-state index contributed by atoms with van der Waals surface area (Å²) in [5.74, 6) is 0.504. The maximum atomic E-state index is 11.3. The van der Waals surface area contributed by atoms with Gasteiger partial charge in [-0.15, -0.1) is 0 Å². The maximum Gasteiger partial charge on any atom is 0.233 e. The van der Waals surface area contributed by atoms with Crippen molar-refractivity contribution in [3.05, 3.63) is 0 Å². The van der Waals surface area contributed by atoms with E-state index in [2.05, 4.69) is 5.32 Å². The molecule has 4 nitrogen and oxygen atoms in total. The molecule has 0 aliphatic heterocycles. The van der Waals surface area contributed by atoms with Crippen LogP contribution in [0.3, 0.4) is 0 Å². The van der Waals surface area contributed by atoms with Gasteiger partial charge >= 0.3 is 0 Å². The van der Waals surface area contributed by atoms with Crippen LogP contribution in [0.25, 0.3) is 0 Å². The average molecular weight is 184 g/mol. The molecule has 0 spiro atoms. The number of rotatable bonds is 5. The molecule has 0 radical (unpaired) electrons. The van der Waals surface area contributed by atoms with Gasteiger partial charge in [0, 0.05) is 13.0 Å². The summed E-state index contributed by atoms with van der Waals surface area (Å²) in [5.41, 5.74) is 0. The summed E-state index contributed by atoms with van der Waals surface area (Å²) in [5, 5.41) is 2.52. The lowest BCUT2D eigenvalue weighted by Crippen LogP contribution is -2.36. The second kappa shape index (κ2) is 4.37. The molecule has 1 N–H and O–H groups in total. The second-order valence-electron chi connectivity index (χ2n) is 3.59. The maximum absolute atomic E-state index is 11.3. The Balaban J connectivity index is 2.19. The van der Waals surface area contributed by atoms with Crippen LogP contribution in [-0.2, 0) is 9.59 Å². The summed E-state index contributed by atoms with van der Waals surface area (Å²) in [6.07, 6.45) is 2.07. The molecule has 0 heterocycles. The molecule has 0 aromatic heterocycles.